The Bertz CT molecular complexity index is 392. The van der Waals surface area contributed by atoms with Gasteiger partial charge in [0.25, 0.3) is 0 Å². The molecule has 0 saturated heterocycles. The Morgan fingerprint density at radius 2 is 1.83 bits per heavy atom. The van der Waals surface area contributed by atoms with Crippen LogP contribution in [0.5, 0.6) is 0 Å². The van der Waals surface area contributed by atoms with Gasteiger partial charge in [0.1, 0.15) is 0 Å². The molecule has 0 aliphatic heterocycles. The molecule has 0 heterocycles. The quantitative estimate of drug-likeness (QED) is 0.860. The lowest BCUT2D eigenvalue weighted by Crippen LogP contribution is -2.33. The first-order chi connectivity index (χ1) is 8.61. The molecule has 1 aliphatic rings. The fourth-order valence-corrected chi connectivity index (χ4v) is 3.22. The van der Waals surface area contributed by atoms with Crippen LogP contribution in [0.1, 0.15) is 48.4 Å². The van der Waals surface area contributed by atoms with E-state index in [2.05, 4.69) is 44.4 Å². The van der Waals surface area contributed by atoms with E-state index in [1.807, 2.05) is 0 Å². The monoisotopic (exact) mass is 246 g/mol. The molecule has 3 N–H and O–H groups in total. The molecule has 1 atom stereocenters. The molecule has 1 fully saturated rings. The SMILES string of the molecule is CNC(c1cc(C)ccc1C)C1CCC(N)CC1. The van der Waals surface area contributed by atoms with E-state index in [-0.39, 0.29) is 0 Å². The lowest BCUT2D eigenvalue weighted by atomic mass is 9.78. The second kappa shape index (κ2) is 5.85. The molecular formula is C16H26N2. The number of aryl methyl sites for hydroxylation is 2. The molecule has 2 nitrogen and oxygen atoms in total. The molecule has 1 aliphatic carbocycles. The summed E-state index contributed by atoms with van der Waals surface area (Å²) in [6.45, 7) is 4.39. The van der Waals surface area contributed by atoms with Gasteiger partial charge < -0.3 is 11.1 Å². The highest BCUT2D eigenvalue weighted by Crippen LogP contribution is 2.35. The number of benzene rings is 1. The average Bonchev–Trinajstić information content (AvgIpc) is 2.37. The first-order valence-electron chi connectivity index (χ1n) is 7.12. The fourth-order valence-electron chi connectivity index (χ4n) is 3.22. The Balaban J connectivity index is 2.19. The minimum Gasteiger partial charge on any atom is -0.328 e. The summed E-state index contributed by atoms with van der Waals surface area (Å²) in [5.41, 5.74) is 10.2. The topological polar surface area (TPSA) is 38.0 Å². The van der Waals surface area contributed by atoms with E-state index in [9.17, 15) is 0 Å². The molecule has 1 unspecified atom stereocenters. The van der Waals surface area contributed by atoms with E-state index >= 15 is 0 Å². The summed E-state index contributed by atoms with van der Waals surface area (Å²) in [4.78, 5) is 0. The molecule has 18 heavy (non-hydrogen) atoms. The van der Waals surface area contributed by atoms with E-state index in [1.165, 1.54) is 42.4 Å². The zero-order chi connectivity index (χ0) is 13.1. The number of hydrogen-bond donors (Lipinski definition) is 2. The zero-order valence-electron chi connectivity index (χ0n) is 11.9. The van der Waals surface area contributed by atoms with Gasteiger partial charge in [-0.05, 0) is 63.6 Å². The van der Waals surface area contributed by atoms with Gasteiger partial charge in [0.2, 0.25) is 0 Å². The lowest BCUT2D eigenvalue weighted by molar-refractivity contribution is 0.262. The Morgan fingerprint density at radius 3 is 2.44 bits per heavy atom. The number of rotatable bonds is 3. The third-order valence-corrected chi connectivity index (χ3v) is 4.37. The summed E-state index contributed by atoms with van der Waals surface area (Å²) >= 11 is 0. The van der Waals surface area contributed by atoms with Crippen LogP contribution in [0.15, 0.2) is 18.2 Å². The average molecular weight is 246 g/mol. The summed E-state index contributed by atoms with van der Waals surface area (Å²) < 4.78 is 0. The molecule has 0 radical (unpaired) electrons. The molecule has 1 saturated carbocycles. The summed E-state index contributed by atoms with van der Waals surface area (Å²) in [5.74, 6) is 0.732. The van der Waals surface area contributed by atoms with Crippen LogP contribution >= 0.6 is 0 Å². The van der Waals surface area contributed by atoms with Crippen molar-refractivity contribution in [2.75, 3.05) is 7.05 Å². The predicted molar refractivity (Wildman–Crippen MR) is 77.7 cm³/mol. The van der Waals surface area contributed by atoms with Crippen LogP contribution in [0.25, 0.3) is 0 Å². The lowest BCUT2D eigenvalue weighted by Gasteiger charge is -2.33. The maximum absolute atomic E-state index is 6.01. The molecule has 100 valence electrons. The molecular weight excluding hydrogens is 220 g/mol. The Labute approximate surface area is 111 Å². The Hall–Kier alpha value is -0.860. The van der Waals surface area contributed by atoms with Gasteiger partial charge in [-0.15, -0.1) is 0 Å². The number of nitrogens with two attached hydrogens (primary N) is 1. The molecule has 0 bridgehead atoms. The minimum absolute atomic E-state index is 0.428. The van der Waals surface area contributed by atoms with Gasteiger partial charge in [0, 0.05) is 12.1 Å². The van der Waals surface area contributed by atoms with Crippen LogP contribution < -0.4 is 11.1 Å². The van der Waals surface area contributed by atoms with Crippen LogP contribution in [0.4, 0.5) is 0 Å². The van der Waals surface area contributed by atoms with Crippen LogP contribution in [0.3, 0.4) is 0 Å². The maximum Gasteiger partial charge on any atom is 0.0348 e. The van der Waals surface area contributed by atoms with E-state index in [1.54, 1.807) is 0 Å². The molecule has 1 aromatic rings. The van der Waals surface area contributed by atoms with E-state index in [0.717, 1.165) is 5.92 Å². The Kier molecular flexibility index (Phi) is 4.41. The molecule has 0 amide bonds. The molecule has 2 rings (SSSR count). The molecule has 0 aromatic heterocycles. The van der Waals surface area contributed by atoms with Gasteiger partial charge in [-0.1, -0.05) is 23.8 Å². The van der Waals surface area contributed by atoms with Crippen molar-refractivity contribution in [3.8, 4) is 0 Å². The normalized spacial score (nSPS) is 26.0. The van der Waals surface area contributed by atoms with Crippen molar-refractivity contribution in [2.24, 2.45) is 11.7 Å². The smallest absolute Gasteiger partial charge is 0.0348 e. The van der Waals surface area contributed by atoms with Gasteiger partial charge in [0.05, 0.1) is 0 Å². The van der Waals surface area contributed by atoms with Gasteiger partial charge >= 0.3 is 0 Å². The van der Waals surface area contributed by atoms with Crippen molar-refractivity contribution in [3.05, 3.63) is 34.9 Å². The fraction of sp³-hybridized carbons (Fsp3) is 0.625. The minimum atomic E-state index is 0.428. The van der Waals surface area contributed by atoms with Gasteiger partial charge in [0.15, 0.2) is 0 Å². The van der Waals surface area contributed by atoms with Crippen molar-refractivity contribution in [1.82, 2.24) is 5.32 Å². The summed E-state index contributed by atoms with van der Waals surface area (Å²) in [6.07, 6.45) is 4.85. The van der Waals surface area contributed by atoms with Crippen LogP contribution in [0.2, 0.25) is 0 Å². The highest BCUT2D eigenvalue weighted by atomic mass is 14.9. The van der Waals surface area contributed by atoms with E-state index in [0.29, 0.717) is 12.1 Å². The van der Waals surface area contributed by atoms with Crippen molar-refractivity contribution in [2.45, 2.75) is 51.6 Å². The van der Waals surface area contributed by atoms with Crippen molar-refractivity contribution >= 4 is 0 Å². The van der Waals surface area contributed by atoms with Crippen molar-refractivity contribution < 1.29 is 0 Å². The summed E-state index contributed by atoms with van der Waals surface area (Å²) in [7, 11) is 2.08. The van der Waals surface area contributed by atoms with E-state index in [4.69, 9.17) is 5.73 Å². The standard InChI is InChI=1S/C16H26N2/c1-11-4-5-12(2)15(10-11)16(18-3)13-6-8-14(17)9-7-13/h4-5,10,13-14,16,18H,6-9,17H2,1-3H3. The second-order valence-electron chi connectivity index (χ2n) is 5.80. The van der Waals surface area contributed by atoms with Gasteiger partial charge in [-0.3, -0.25) is 0 Å². The zero-order valence-corrected chi connectivity index (χ0v) is 11.9. The van der Waals surface area contributed by atoms with Crippen LogP contribution in [0, 0.1) is 19.8 Å². The number of hydrogen-bond acceptors (Lipinski definition) is 2. The first-order valence-corrected chi connectivity index (χ1v) is 7.12. The maximum atomic E-state index is 6.01. The molecule has 1 aromatic carbocycles. The Morgan fingerprint density at radius 1 is 1.17 bits per heavy atom. The van der Waals surface area contributed by atoms with Crippen molar-refractivity contribution in [3.63, 3.8) is 0 Å². The predicted octanol–water partition coefficient (Wildman–Crippen LogP) is 3.08. The van der Waals surface area contributed by atoms with Gasteiger partial charge in [-0.25, -0.2) is 0 Å². The van der Waals surface area contributed by atoms with Crippen molar-refractivity contribution in [1.29, 1.82) is 0 Å². The second-order valence-corrected chi connectivity index (χ2v) is 5.80. The third-order valence-electron chi connectivity index (χ3n) is 4.37. The van der Waals surface area contributed by atoms with Gasteiger partial charge in [-0.2, -0.15) is 0 Å². The highest BCUT2D eigenvalue weighted by Gasteiger charge is 2.27. The van der Waals surface area contributed by atoms with Crippen LogP contribution in [-0.2, 0) is 0 Å². The summed E-state index contributed by atoms with van der Waals surface area (Å²) in [5, 5.41) is 3.53. The first kappa shape index (κ1) is 13.6. The van der Waals surface area contributed by atoms with Crippen LogP contribution in [-0.4, -0.2) is 13.1 Å². The summed E-state index contributed by atoms with van der Waals surface area (Å²) in [6, 6.07) is 7.69. The molecule has 0 spiro atoms. The third kappa shape index (κ3) is 2.93. The molecule has 2 heteroatoms. The highest BCUT2D eigenvalue weighted by molar-refractivity contribution is 5.33. The number of nitrogens with one attached hydrogen (secondary N) is 1. The largest absolute Gasteiger partial charge is 0.328 e. The van der Waals surface area contributed by atoms with E-state index < -0.39 is 0 Å².